The van der Waals surface area contributed by atoms with E-state index in [-0.39, 0.29) is 0 Å². The molecule has 1 aromatic rings. The molecule has 7 nitrogen and oxygen atoms in total. The summed E-state index contributed by atoms with van der Waals surface area (Å²) in [5.41, 5.74) is -0.233. The Bertz CT molecular complexity index is 957. The SMILES string of the molecule is C=Cc1ccc(C(=O)NS(=O)(=O)C(F)(F)C(F)(F)C(F)(F)S(=O)(=O)O)cc1. The van der Waals surface area contributed by atoms with Crippen LogP contribution in [-0.4, -0.2) is 43.7 Å². The molecule has 0 aliphatic carbocycles. The number of amides is 1. The molecule has 0 bridgehead atoms. The van der Waals surface area contributed by atoms with Crippen LogP contribution in [0.15, 0.2) is 30.8 Å². The second-order valence-electron chi connectivity index (χ2n) is 4.84. The maximum Gasteiger partial charge on any atom is 0.439 e. The van der Waals surface area contributed by atoms with Crippen LogP contribution in [0.1, 0.15) is 15.9 Å². The smallest absolute Gasteiger partial charge is 0.281 e. The van der Waals surface area contributed by atoms with Gasteiger partial charge in [0.05, 0.1) is 0 Å². The molecule has 1 aromatic carbocycles. The number of halogens is 6. The van der Waals surface area contributed by atoms with Gasteiger partial charge in [-0.05, 0) is 17.7 Å². The number of nitrogens with one attached hydrogen (secondary N) is 1. The number of benzene rings is 1. The largest absolute Gasteiger partial charge is 0.439 e. The molecule has 27 heavy (non-hydrogen) atoms. The molecular formula is C12H9F6NO6S2. The summed E-state index contributed by atoms with van der Waals surface area (Å²) < 4.78 is 132. The first-order valence-electron chi connectivity index (χ1n) is 6.32. The van der Waals surface area contributed by atoms with Crippen LogP contribution >= 0.6 is 0 Å². The molecule has 0 spiro atoms. The Hall–Kier alpha value is -2.13. The van der Waals surface area contributed by atoms with Gasteiger partial charge in [0.15, 0.2) is 0 Å². The van der Waals surface area contributed by atoms with Crippen molar-refractivity contribution in [3.05, 3.63) is 42.0 Å². The van der Waals surface area contributed by atoms with Crippen molar-refractivity contribution in [2.45, 2.75) is 16.4 Å². The van der Waals surface area contributed by atoms with E-state index < -0.39 is 48.0 Å². The summed E-state index contributed by atoms with van der Waals surface area (Å²) in [5, 5.41) is -13.7. The lowest BCUT2D eigenvalue weighted by Crippen LogP contribution is -2.63. The van der Waals surface area contributed by atoms with E-state index in [0.29, 0.717) is 10.3 Å². The first-order valence-corrected chi connectivity index (χ1v) is 9.24. The third-order valence-electron chi connectivity index (χ3n) is 3.03. The van der Waals surface area contributed by atoms with E-state index in [4.69, 9.17) is 4.55 Å². The number of carbonyl (C=O) groups is 1. The zero-order valence-electron chi connectivity index (χ0n) is 12.7. The van der Waals surface area contributed by atoms with Crippen LogP contribution in [0.25, 0.3) is 6.08 Å². The Morgan fingerprint density at radius 3 is 1.78 bits per heavy atom. The van der Waals surface area contributed by atoms with E-state index in [0.717, 1.165) is 24.3 Å². The van der Waals surface area contributed by atoms with Crippen molar-refractivity contribution in [1.29, 1.82) is 0 Å². The zero-order chi connectivity index (χ0) is 21.5. The number of sulfonamides is 1. The van der Waals surface area contributed by atoms with Gasteiger partial charge in [-0.25, -0.2) is 4.72 Å². The molecule has 1 amide bonds. The second-order valence-corrected chi connectivity index (χ2v) is 8.03. The molecular weight excluding hydrogens is 432 g/mol. The van der Waals surface area contributed by atoms with Gasteiger partial charge in [-0.1, -0.05) is 24.8 Å². The van der Waals surface area contributed by atoms with E-state index in [1.807, 2.05) is 0 Å². The van der Waals surface area contributed by atoms with Crippen LogP contribution in [-0.2, 0) is 20.1 Å². The highest BCUT2D eigenvalue weighted by Crippen LogP contribution is 2.50. The maximum atomic E-state index is 13.6. The number of hydrogen-bond acceptors (Lipinski definition) is 5. The zero-order valence-corrected chi connectivity index (χ0v) is 14.3. The molecule has 152 valence electrons. The molecule has 0 aromatic heterocycles. The topological polar surface area (TPSA) is 118 Å². The van der Waals surface area contributed by atoms with Crippen molar-refractivity contribution in [1.82, 2.24) is 4.72 Å². The normalized spacial score (nSPS) is 13.9. The lowest BCUT2D eigenvalue weighted by atomic mass is 10.1. The second kappa shape index (κ2) is 6.79. The lowest BCUT2D eigenvalue weighted by Gasteiger charge is -2.30. The van der Waals surface area contributed by atoms with Gasteiger partial charge in [0.1, 0.15) is 0 Å². The fraction of sp³-hybridized carbons (Fsp3) is 0.250. The Kier molecular flexibility index (Phi) is 5.76. The summed E-state index contributed by atoms with van der Waals surface area (Å²) in [7, 11) is -14.0. The molecule has 0 aliphatic heterocycles. The number of rotatable bonds is 7. The average molecular weight is 441 g/mol. The Balaban J connectivity index is 3.31. The van der Waals surface area contributed by atoms with Crippen molar-refractivity contribution in [2.75, 3.05) is 0 Å². The monoisotopic (exact) mass is 441 g/mol. The van der Waals surface area contributed by atoms with Gasteiger partial charge >= 0.3 is 36.6 Å². The van der Waals surface area contributed by atoms with Crippen molar-refractivity contribution >= 4 is 32.1 Å². The molecule has 0 aliphatic rings. The van der Waals surface area contributed by atoms with Crippen LogP contribution in [0.2, 0.25) is 0 Å². The molecule has 0 unspecified atom stereocenters. The molecule has 0 saturated heterocycles. The fourth-order valence-electron chi connectivity index (χ4n) is 1.52. The summed E-state index contributed by atoms with van der Waals surface area (Å²) in [5.74, 6) is -9.02. The number of hydrogen-bond donors (Lipinski definition) is 2. The van der Waals surface area contributed by atoms with E-state index in [1.165, 1.54) is 6.08 Å². The third kappa shape index (κ3) is 3.79. The minimum absolute atomic E-state index is 0.402. The van der Waals surface area contributed by atoms with Gasteiger partial charge in [0.2, 0.25) is 0 Å². The Morgan fingerprint density at radius 2 is 1.41 bits per heavy atom. The quantitative estimate of drug-likeness (QED) is 0.494. The molecule has 0 radical (unpaired) electrons. The van der Waals surface area contributed by atoms with Crippen LogP contribution in [0.4, 0.5) is 26.3 Å². The highest BCUT2D eigenvalue weighted by Gasteiger charge is 2.82. The molecule has 1 rings (SSSR count). The highest BCUT2D eigenvalue weighted by atomic mass is 32.2. The predicted molar refractivity (Wildman–Crippen MR) is 79.3 cm³/mol. The van der Waals surface area contributed by atoms with Crippen molar-refractivity contribution in [2.24, 2.45) is 0 Å². The van der Waals surface area contributed by atoms with E-state index in [2.05, 4.69) is 6.58 Å². The van der Waals surface area contributed by atoms with Crippen LogP contribution in [0.3, 0.4) is 0 Å². The van der Waals surface area contributed by atoms with Gasteiger partial charge in [0.25, 0.3) is 5.91 Å². The first-order chi connectivity index (χ1) is 11.9. The van der Waals surface area contributed by atoms with Gasteiger partial charge in [-0.2, -0.15) is 43.2 Å². The lowest BCUT2D eigenvalue weighted by molar-refractivity contribution is -0.245. The first kappa shape index (κ1) is 22.9. The fourth-order valence-corrected chi connectivity index (χ4v) is 2.99. The number of alkyl halides is 6. The summed E-state index contributed by atoms with van der Waals surface area (Å²) >= 11 is 0. The summed E-state index contributed by atoms with van der Waals surface area (Å²) in [6, 6.07) is 4.08. The molecule has 2 N–H and O–H groups in total. The molecule has 0 atom stereocenters. The average Bonchev–Trinajstić information content (AvgIpc) is 2.52. The Labute approximate surface area is 148 Å². The molecule has 0 fully saturated rings. The van der Waals surface area contributed by atoms with Gasteiger partial charge in [-0.3, -0.25) is 9.35 Å². The maximum absolute atomic E-state index is 13.6. The summed E-state index contributed by atoms with van der Waals surface area (Å²) in [4.78, 5) is 11.6. The molecule has 15 heteroatoms. The third-order valence-corrected chi connectivity index (χ3v) is 5.32. The van der Waals surface area contributed by atoms with Gasteiger partial charge in [0, 0.05) is 5.56 Å². The van der Waals surface area contributed by atoms with Crippen molar-refractivity contribution < 1.29 is 52.5 Å². The van der Waals surface area contributed by atoms with Crippen molar-refractivity contribution in [3.8, 4) is 0 Å². The van der Waals surface area contributed by atoms with E-state index >= 15 is 0 Å². The molecule has 0 saturated carbocycles. The van der Waals surface area contributed by atoms with E-state index in [9.17, 15) is 48.0 Å². The summed E-state index contributed by atoms with van der Waals surface area (Å²) in [6.45, 7) is 3.35. The predicted octanol–water partition coefficient (Wildman–Crippen LogP) is 2.10. The van der Waals surface area contributed by atoms with E-state index in [1.54, 1.807) is 0 Å². The minimum atomic E-state index is -7.14. The summed E-state index contributed by atoms with van der Waals surface area (Å²) in [6.07, 6.45) is 1.28. The van der Waals surface area contributed by atoms with Crippen molar-refractivity contribution in [3.63, 3.8) is 0 Å². The van der Waals surface area contributed by atoms with Gasteiger partial charge < -0.3 is 0 Å². The van der Waals surface area contributed by atoms with Crippen LogP contribution in [0.5, 0.6) is 0 Å². The van der Waals surface area contributed by atoms with Gasteiger partial charge in [-0.15, -0.1) is 0 Å². The van der Waals surface area contributed by atoms with Crippen LogP contribution < -0.4 is 4.72 Å². The van der Waals surface area contributed by atoms with Crippen LogP contribution in [0, 0.1) is 0 Å². The Morgan fingerprint density at radius 1 is 0.963 bits per heavy atom. The standard InChI is InChI=1S/C12H9F6NO6S2/c1-2-7-3-5-8(6-4-7)9(20)19-26(21,22)11(15,16)10(13,14)12(17,18)27(23,24)25/h2-6H,1H2,(H,19,20)(H,23,24,25). The minimum Gasteiger partial charge on any atom is -0.281 e. The highest BCUT2D eigenvalue weighted by molar-refractivity contribution is 7.91. The molecule has 0 heterocycles. The number of carbonyl (C=O) groups excluding carboxylic acids is 1.